The fourth-order valence-electron chi connectivity index (χ4n) is 3.60. The largest absolute Gasteiger partial charge is 0.497 e. The van der Waals surface area contributed by atoms with Crippen molar-refractivity contribution in [2.24, 2.45) is 0 Å². The maximum Gasteiger partial charge on any atom is 0.343 e. The number of methoxy groups -OCH3 is 1. The molecule has 0 amide bonds. The smallest absolute Gasteiger partial charge is 0.343 e. The van der Waals surface area contributed by atoms with E-state index in [1.54, 1.807) is 42.5 Å². The molecule has 5 rings (SSSR count). The van der Waals surface area contributed by atoms with Crippen molar-refractivity contribution < 1.29 is 33.3 Å². The van der Waals surface area contributed by atoms with Crippen molar-refractivity contribution in [1.82, 2.24) is 0 Å². The number of fused-ring (bicyclic) bond motifs is 2. The molecular formula is C25H17BrO7. The van der Waals surface area contributed by atoms with Gasteiger partial charge in [0, 0.05) is 21.7 Å². The van der Waals surface area contributed by atoms with Gasteiger partial charge >= 0.3 is 5.97 Å². The number of Topliss-reactive ketones (excluding diaryl/α,β-unsaturated/α-hetero) is 1. The molecule has 0 saturated carbocycles. The molecule has 2 aliphatic heterocycles. The minimum Gasteiger partial charge on any atom is -0.497 e. The van der Waals surface area contributed by atoms with Crippen molar-refractivity contribution in [1.29, 1.82) is 0 Å². The molecule has 0 radical (unpaired) electrons. The highest BCUT2D eigenvalue weighted by molar-refractivity contribution is 9.10. The van der Waals surface area contributed by atoms with Gasteiger partial charge in [0.15, 0.2) is 12.6 Å². The predicted octanol–water partition coefficient (Wildman–Crippen LogP) is 5.16. The summed E-state index contributed by atoms with van der Waals surface area (Å²) in [5.74, 6) is 1.11. The molecule has 0 N–H and O–H groups in total. The second kappa shape index (κ2) is 8.73. The Kier molecular flexibility index (Phi) is 5.62. The first-order chi connectivity index (χ1) is 16.0. The minimum absolute atomic E-state index is 0.141. The van der Waals surface area contributed by atoms with E-state index in [9.17, 15) is 9.59 Å². The van der Waals surface area contributed by atoms with Crippen LogP contribution in [-0.4, -0.2) is 25.7 Å². The van der Waals surface area contributed by atoms with E-state index in [1.165, 1.54) is 13.2 Å². The molecule has 0 saturated heterocycles. The van der Waals surface area contributed by atoms with E-state index in [4.69, 9.17) is 23.7 Å². The standard InChI is InChI=1S/C25H17BrO7/c1-29-18-4-2-3-14(9-18)25(28)32-19-5-6-20-21(11-19)33-22(23(20)27)10-15-7-17(26)8-16-12-30-13-31-24(15)16/h2-11H,12-13H2,1H3/b22-10-. The number of rotatable bonds is 4. The first-order valence-electron chi connectivity index (χ1n) is 9.99. The molecule has 0 aromatic heterocycles. The van der Waals surface area contributed by atoms with Crippen LogP contribution in [0.25, 0.3) is 6.08 Å². The molecule has 3 aromatic rings. The van der Waals surface area contributed by atoms with Gasteiger partial charge in [-0.1, -0.05) is 22.0 Å². The molecular weight excluding hydrogens is 492 g/mol. The third-order valence-electron chi connectivity index (χ3n) is 5.15. The zero-order valence-electron chi connectivity index (χ0n) is 17.4. The summed E-state index contributed by atoms with van der Waals surface area (Å²) in [4.78, 5) is 25.4. The Labute approximate surface area is 197 Å². The van der Waals surface area contributed by atoms with Crippen molar-refractivity contribution in [3.8, 4) is 23.0 Å². The van der Waals surface area contributed by atoms with Gasteiger partial charge < -0.3 is 23.7 Å². The lowest BCUT2D eigenvalue weighted by Crippen LogP contribution is -2.12. The number of hydrogen-bond acceptors (Lipinski definition) is 7. The molecule has 7 nitrogen and oxygen atoms in total. The van der Waals surface area contributed by atoms with Crippen LogP contribution in [0.5, 0.6) is 23.0 Å². The Morgan fingerprint density at radius 3 is 2.82 bits per heavy atom. The fourth-order valence-corrected chi connectivity index (χ4v) is 4.13. The molecule has 33 heavy (non-hydrogen) atoms. The molecule has 0 fully saturated rings. The van der Waals surface area contributed by atoms with Gasteiger partial charge in [-0.3, -0.25) is 4.79 Å². The van der Waals surface area contributed by atoms with Gasteiger partial charge in [-0.15, -0.1) is 0 Å². The maximum atomic E-state index is 12.9. The van der Waals surface area contributed by atoms with Crippen molar-refractivity contribution in [2.45, 2.75) is 6.61 Å². The van der Waals surface area contributed by atoms with Crippen LogP contribution in [0, 0.1) is 0 Å². The summed E-state index contributed by atoms with van der Waals surface area (Å²) < 4.78 is 28.2. The van der Waals surface area contributed by atoms with E-state index in [2.05, 4.69) is 15.9 Å². The van der Waals surface area contributed by atoms with E-state index < -0.39 is 5.97 Å². The number of halogens is 1. The Hall–Kier alpha value is -3.62. The van der Waals surface area contributed by atoms with E-state index in [1.807, 2.05) is 12.1 Å². The minimum atomic E-state index is -0.547. The summed E-state index contributed by atoms with van der Waals surface area (Å²) in [6.07, 6.45) is 1.64. The first-order valence-corrected chi connectivity index (χ1v) is 10.8. The van der Waals surface area contributed by atoms with Crippen LogP contribution >= 0.6 is 15.9 Å². The molecule has 0 unspecified atom stereocenters. The van der Waals surface area contributed by atoms with Gasteiger partial charge in [-0.25, -0.2) is 4.79 Å². The number of carbonyl (C=O) groups is 2. The Morgan fingerprint density at radius 1 is 1.09 bits per heavy atom. The number of esters is 1. The molecule has 8 heteroatoms. The van der Waals surface area contributed by atoms with Crippen molar-refractivity contribution in [3.63, 3.8) is 0 Å². The van der Waals surface area contributed by atoms with Crippen molar-refractivity contribution in [3.05, 3.63) is 87.1 Å². The molecule has 166 valence electrons. The lowest BCUT2D eigenvalue weighted by atomic mass is 10.1. The van der Waals surface area contributed by atoms with Crippen molar-refractivity contribution >= 4 is 33.8 Å². The number of carbonyl (C=O) groups excluding carboxylic acids is 2. The van der Waals surface area contributed by atoms with Crippen LogP contribution in [0.4, 0.5) is 0 Å². The molecule has 0 bridgehead atoms. The van der Waals surface area contributed by atoms with Crippen LogP contribution < -0.4 is 18.9 Å². The summed E-state index contributed by atoms with van der Waals surface area (Å²) in [6, 6.07) is 15.1. The number of allylic oxidation sites excluding steroid dienone is 1. The molecule has 3 aromatic carbocycles. The fraction of sp³-hybridized carbons (Fsp3) is 0.120. The monoisotopic (exact) mass is 508 g/mol. The third kappa shape index (κ3) is 4.22. The summed E-state index contributed by atoms with van der Waals surface area (Å²) in [6.45, 7) is 0.559. The van der Waals surface area contributed by atoms with Crippen LogP contribution in [-0.2, 0) is 11.3 Å². The Morgan fingerprint density at radius 2 is 1.97 bits per heavy atom. The zero-order chi connectivity index (χ0) is 22.9. The third-order valence-corrected chi connectivity index (χ3v) is 5.61. The molecule has 2 heterocycles. The SMILES string of the molecule is COc1cccc(C(=O)Oc2ccc3c(c2)O/C(=C\c2cc(Br)cc4c2OCOC4)C3=O)c1. The first kappa shape index (κ1) is 21.2. The summed E-state index contributed by atoms with van der Waals surface area (Å²) in [5, 5.41) is 0. The Balaban J connectivity index is 1.40. The average molecular weight is 509 g/mol. The van der Waals surface area contributed by atoms with E-state index in [0.29, 0.717) is 40.5 Å². The highest BCUT2D eigenvalue weighted by Gasteiger charge is 2.29. The van der Waals surface area contributed by atoms with Gasteiger partial charge in [-0.05, 0) is 48.5 Å². The summed E-state index contributed by atoms with van der Waals surface area (Å²) in [5.41, 5.74) is 2.30. The summed E-state index contributed by atoms with van der Waals surface area (Å²) in [7, 11) is 1.52. The second-order valence-corrected chi connectivity index (χ2v) is 8.23. The van der Waals surface area contributed by atoms with Crippen molar-refractivity contribution in [2.75, 3.05) is 13.9 Å². The molecule has 0 atom stereocenters. The average Bonchev–Trinajstić information content (AvgIpc) is 3.13. The quantitative estimate of drug-likeness (QED) is 0.273. The van der Waals surface area contributed by atoms with Gasteiger partial charge in [0.1, 0.15) is 23.0 Å². The molecule has 0 aliphatic carbocycles. The topological polar surface area (TPSA) is 80.3 Å². The van der Waals surface area contributed by atoms with Gasteiger partial charge in [0.25, 0.3) is 0 Å². The van der Waals surface area contributed by atoms with Gasteiger partial charge in [0.2, 0.25) is 5.78 Å². The van der Waals surface area contributed by atoms with Crippen LogP contribution in [0.1, 0.15) is 31.8 Å². The lowest BCUT2D eigenvalue weighted by molar-refractivity contribution is -0.0165. The van der Waals surface area contributed by atoms with Crippen LogP contribution in [0.3, 0.4) is 0 Å². The van der Waals surface area contributed by atoms with Gasteiger partial charge in [0.05, 0.1) is 24.8 Å². The van der Waals surface area contributed by atoms with Gasteiger partial charge in [-0.2, -0.15) is 0 Å². The molecule has 0 spiro atoms. The van der Waals surface area contributed by atoms with E-state index in [0.717, 1.165) is 10.0 Å². The van der Waals surface area contributed by atoms with Crippen LogP contribution in [0.15, 0.2) is 64.8 Å². The van der Waals surface area contributed by atoms with E-state index >= 15 is 0 Å². The number of ketones is 1. The Bertz CT molecular complexity index is 1310. The lowest BCUT2D eigenvalue weighted by Gasteiger charge is -2.20. The zero-order valence-corrected chi connectivity index (χ0v) is 19.0. The molecule has 2 aliphatic rings. The predicted molar refractivity (Wildman–Crippen MR) is 122 cm³/mol. The maximum absolute atomic E-state index is 12.9. The van der Waals surface area contributed by atoms with Crippen LogP contribution in [0.2, 0.25) is 0 Å². The summed E-state index contributed by atoms with van der Waals surface area (Å²) >= 11 is 3.47. The number of ether oxygens (including phenoxy) is 5. The number of hydrogen-bond donors (Lipinski definition) is 0. The van der Waals surface area contributed by atoms with E-state index in [-0.39, 0.29) is 24.1 Å². The highest BCUT2D eigenvalue weighted by Crippen LogP contribution is 2.38. The normalized spacial score (nSPS) is 15.3. The number of benzene rings is 3. The highest BCUT2D eigenvalue weighted by atomic mass is 79.9. The second-order valence-electron chi connectivity index (χ2n) is 7.31.